The summed E-state index contributed by atoms with van der Waals surface area (Å²) in [5.41, 5.74) is -0.359. The predicted molar refractivity (Wildman–Crippen MR) is 87.4 cm³/mol. The van der Waals surface area contributed by atoms with Gasteiger partial charge in [0.05, 0.1) is 3.57 Å². The van der Waals surface area contributed by atoms with Crippen LogP contribution in [0.4, 0.5) is 5.82 Å². The van der Waals surface area contributed by atoms with Crippen molar-refractivity contribution in [3.05, 3.63) is 15.6 Å². The summed E-state index contributed by atoms with van der Waals surface area (Å²) >= 11 is 2.26. The zero-order valence-corrected chi connectivity index (χ0v) is 14.5. The maximum atomic E-state index is 5.96. The molecule has 0 aliphatic rings. The van der Waals surface area contributed by atoms with E-state index < -0.39 is 0 Å². The third kappa shape index (κ3) is 4.02. The molecule has 0 fully saturated rings. The molecule has 1 aromatic heterocycles. The lowest BCUT2D eigenvalue weighted by molar-refractivity contribution is -0.0571. The third-order valence-electron chi connectivity index (χ3n) is 3.26. The minimum Gasteiger partial charge on any atom is -0.369 e. The minimum absolute atomic E-state index is 0.359. The molecular weight excluding hydrogens is 353 g/mol. The Morgan fingerprint density at radius 2 is 1.95 bits per heavy atom. The van der Waals surface area contributed by atoms with E-state index in [9.17, 15) is 0 Å². The molecule has 19 heavy (non-hydrogen) atoms. The molecule has 4 nitrogen and oxygen atoms in total. The van der Waals surface area contributed by atoms with E-state index in [1.165, 1.54) is 0 Å². The van der Waals surface area contributed by atoms with Gasteiger partial charge in [-0.25, -0.2) is 9.97 Å². The van der Waals surface area contributed by atoms with Gasteiger partial charge in [-0.2, -0.15) is 0 Å². The highest BCUT2D eigenvalue weighted by Crippen LogP contribution is 2.31. The van der Waals surface area contributed by atoms with Crippen molar-refractivity contribution in [2.45, 2.75) is 52.6 Å². The second-order valence-electron chi connectivity index (χ2n) is 4.45. The summed E-state index contributed by atoms with van der Waals surface area (Å²) in [4.78, 5) is 9.18. The van der Waals surface area contributed by atoms with Crippen molar-refractivity contribution in [2.75, 3.05) is 18.5 Å². The van der Waals surface area contributed by atoms with Crippen LogP contribution >= 0.6 is 22.6 Å². The lowest BCUT2D eigenvalue weighted by atomic mass is 9.96. The number of hydrogen-bond acceptors (Lipinski definition) is 4. The van der Waals surface area contributed by atoms with Crippen LogP contribution in [0, 0.1) is 3.57 Å². The topological polar surface area (TPSA) is 47.0 Å². The summed E-state index contributed by atoms with van der Waals surface area (Å²) in [5, 5.41) is 3.35. The van der Waals surface area contributed by atoms with Gasteiger partial charge >= 0.3 is 0 Å². The SMILES string of the molecule is CCCNc1nc(C(CC)(CC)OCC)ncc1I. The summed E-state index contributed by atoms with van der Waals surface area (Å²) < 4.78 is 7.01. The van der Waals surface area contributed by atoms with Crippen LogP contribution in [0.25, 0.3) is 0 Å². The van der Waals surface area contributed by atoms with E-state index in [0.717, 1.165) is 41.0 Å². The first-order valence-electron chi connectivity index (χ1n) is 7.04. The van der Waals surface area contributed by atoms with E-state index in [-0.39, 0.29) is 5.60 Å². The van der Waals surface area contributed by atoms with Crippen LogP contribution in [0.15, 0.2) is 6.20 Å². The molecule has 0 atom stereocenters. The molecule has 5 heteroatoms. The Hall–Kier alpha value is -0.430. The highest BCUT2D eigenvalue weighted by atomic mass is 127. The molecule has 108 valence electrons. The van der Waals surface area contributed by atoms with E-state index in [0.29, 0.717) is 6.61 Å². The fourth-order valence-electron chi connectivity index (χ4n) is 2.07. The lowest BCUT2D eigenvalue weighted by Gasteiger charge is -2.30. The van der Waals surface area contributed by atoms with Crippen LogP contribution in [-0.4, -0.2) is 23.1 Å². The lowest BCUT2D eigenvalue weighted by Crippen LogP contribution is -2.31. The Bertz CT molecular complexity index is 394. The molecule has 0 aromatic carbocycles. The van der Waals surface area contributed by atoms with E-state index >= 15 is 0 Å². The van der Waals surface area contributed by atoms with Crippen LogP contribution in [-0.2, 0) is 10.3 Å². The largest absolute Gasteiger partial charge is 0.369 e. The first-order chi connectivity index (χ1) is 9.13. The van der Waals surface area contributed by atoms with Gasteiger partial charge in [0.1, 0.15) is 11.4 Å². The summed E-state index contributed by atoms with van der Waals surface area (Å²) in [5.74, 6) is 1.71. The van der Waals surface area contributed by atoms with E-state index in [1.807, 2.05) is 13.1 Å². The van der Waals surface area contributed by atoms with Gasteiger partial charge in [0.25, 0.3) is 0 Å². The standard InChI is InChI=1S/C14H24IN3O/c1-5-9-16-12-11(15)10-17-13(18-12)14(6-2,7-3)19-8-4/h10H,5-9H2,1-4H3,(H,16,17,18). The summed E-state index contributed by atoms with van der Waals surface area (Å²) in [6.45, 7) is 10.0. The normalized spacial score (nSPS) is 11.6. The van der Waals surface area contributed by atoms with E-state index in [1.54, 1.807) is 0 Å². The Morgan fingerprint density at radius 3 is 2.47 bits per heavy atom. The summed E-state index contributed by atoms with van der Waals surface area (Å²) in [7, 11) is 0. The van der Waals surface area contributed by atoms with E-state index in [2.05, 4.69) is 58.6 Å². The second-order valence-corrected chi connectivity index (χ2v) is 5.61. The molecule has 0 bridgehead atoms. The van der Waals surface area contributed by atoms with Crippen molar-refractivity contribution in [3.8, 4) is 0 Å². The van der Waals surface area contributed by atoms with Crippen molar-refractivity contribution < 1.29 is 4.74 Å². The molecule has 0 unspecified atom stereocenters. The monoisotopic (exact) mass is 377 g/mol. The van der Waals surface area contributed by atoms with Crippen LogP contribution < -0.4 is 5.32 Å². The maximum absolute atomic E-state index is 5.96. The molecular formula is C14H24IN3O. The van der Waals surface area contributed by atoms with E-state index in [4.69, 9.17) is 4.74 Å². The highest BCUT2D eigenvalue weighted by molar-refractivity contribution is 14.1. The average Bonchev–Trinajstić information content (AvgIpc) is 2.44. The Balaban J connectivity index is 3.10. The van der Waals surface area contributed by atoms with Gasteiger partial charge in [-0.1, -0.05) is 20.8 Å². The first-order valence-corrected chi connectivity index (χ1v) is 8.12. The molecule has 1 heterocycles. The van der Waals surface area contributed by atoms with Crippen molar-refractivity contribution in [1.29, 1.82) is 0 Å². The average molecular weight is 377 g/mol. The molecule has 1 N–H and O–H groups in total. The zero-order valence-electron chi connectivity index (χ0n) is 12.3. The van der Waals surface area contributed by atoms with Crippen molar-refractivity contribution >= 4 is 28.4 Å². The van der Waals surface area contributed by atoms with Gasteiger partial charge < -0.3 is 10.1 Å². The Labute approximate surface area is 129 Å². The van der Waals surface area contributed by atoms with Crippen molar-refractivity contribution in [2.24, 2.45) is 0 Å². The number of hydrogen-bond donors (Lipinski definition) is 1. The molecule has 0 aliphatic carbocycles. The van der Waals surface area contributed by atoms with Crippen LogP contribution in [0.3, 0.4) is 0 Å². The number of nitrogens with zero attached hydrogens (tertiary/aromatic N) is 2. The zero-order chi connectivity index (χ0) is 14.3. The predicted octanol–water partition coefficient (Wildman–Crippen LogP) is 3.95. The highest BCUT2D eigenvalue weighted by Gasteiger charge is 2.32. The molecule has 1 aromatic rings. The van der Waals surface area contributed by atoms with Crippen molar-refractivity contribution in [1.82, 2.24) is 9.97 Å². The van der Waals surface area contributed by atoms with Gasteiger partial charge in [0, 0.05) is 19.3 Å². The van der Waals surface area contributed by atoms with Gasteiger partial charge in [-0.3, -0.25) is 0 Å². The first kappa shape index (κ1) is 16.6. The van der Waals surface area contributed by atoms with Gasteiger partial charge in [-0.05, 0) is 48.8 Å². The molecule has 0 saturated heterocycles. The number of halogens is 1. The van der Waals surface area contributed by atoms with Crippen molar-refractivity contribution in [3.63, 3.8) is 0 Å². The number of aromatic nitrogens is 2. The third-order valence-corrected chi connectivity index (χ3v) is 4.05. The summed E-state index contributed by atoms with van der Waals surface area (Å²) in [6.07, 6.45) is 4.71. The fraction of sp³-hybridized carbons (Fsp3) is 0.714. The number of nitrogens with one attached hydrogen (secondary N) is 1. The number of ether oxygens (including phenoxy) is 1. The molecule has 1 rings (SSSR count). The van der Waals surface area contributed by atoms with Gasteiger partial charge in [0.15, 0.2) is 5.82 Å². The van der Waals surface area contributed by atoms with Crippen LogP contribution in [0.1, 0.15) is 52.8 Å². The molecule has 0 spiro atoms. The molecule has 0 aliphatic heterocycles. The molecule has 0 amide bonds. The fourth-order valence-corrected chi connectivity index (χ4v) is 2.52. The maximum Gasteiger partial charge on any atom is 0.162 e. The Kier molecular flexibility index (Phi) is 6.99. The number of rotatable bonds is 8. The Morgan fingerprint density at radius 1 is 1.26 bits per heavy atom. The minimum atomic E-state index is -0.359. The van der Waals surface area contributed by atoms with Crippen LogP contribution in [0.5, 0.6) is 0 Å². The van der Waals surface area contributed by atoms with Crippen LogP contribution in [0.2, 0.25) is 0 Å². The summed E-state index contributed by atoms with van der Waals surface area (Å²) in [6, 6.07) is 0. The molecule has 0 saturated carbocycles. The number of anilines is 1. The molecule has 0 radical (unpaired) electrons. The quantitative estimate of drug-likeness (QED) is 0.697. The smallest absolute Gasteiger partial charge is 0.162 e. The second kappa shape index (κ2) is 7.99. The van der Waals surface area contributed by atoms with Gasteiger partial charge in [-0.15, -0.1) is 0 Å². The van der Waals surface area contributed by atoms with Gasteiger partial charge in [0.2, 0.25) is 0 Å².